The lowest BCUT2D eigenvalue weighted by molar-refractivity contribution is 0.304. The molecular formula is C29H38F2. The highest BCUT2D eigenvalue weighted by Crippen LogP contribution is 2.37. The van der Waals surface area contributed by atoms with Gasteiger partial charge in [-0.25, -0.2) is 8.78 Å². The number of rotatable bonds is 10. The molecule has 168 valence electrons. The van der Waals surface area contributed by atoms with Crippen molar-refractivity contribution in [2.75, 3.05) is 0 Å². The normalized spacial score (nSPS) is 19.9. The Kier molecular flexibility index (Phi) is 9.31. The van der Waals surface area contributed by atoms with Gasteiger partial charge in [0.15, 0.2) is 5.83 Å². The van der Waals surface area contributed by atoms with Crippen molar-refractivity contribution in [1.82, 2.24) is 0 Å². The van der Waals surface area contributed by atoms with Crippen LogP contribution in [0.4, 0.5) is 8.78 Å². The number of halogens is 2. The lowest BCUT2D eigenvalue weighted by atomic mass is 9.77. The van der Waals surface area contributed by atoms with Gasteiger partial charge in [-0.3, -0.25) is 0 Å². The topological polar surface area (TPSA) is 0 Å². The lowest BCUT2D eigenvalue weighted by Crippen LogP contribution is -2.13. The molecule has 0 heterocycles. The first-order valence-electron chi connectivity index (χ1n) is 12.3. The molecule has 1 aliphatic carbocycles. The number of benzene rings is 2. The van der Waals surface area contributed by atoms with Gasteiger partial charge in [-0.1, -0.05) is 81.6 Å². The molecule has 2 aromatic rings. The molecule has 1 fully saturated rings. The van der Waals surface area contributed by atoms with Crippen molar-refractivity contribution in [3.05, 3.63) is 76.6 Å². The average Bonchev–Trinajstić information content (AvgIpc) is 2.82. The molecule has 0 nitrogen and oxygen atoms in total. The third-order valence-corrected chi connectivity index (χ3v) is 6.88. The summed E-state index contributed by atoms with van der Waals surface area (Å²) < 4.78 is 27.8. The summed E-state index contributed by atoms with van der Waals surface area (Å²) in [4.78, 5) is 0. The second kappa shape index (κ2) is 12.2. The lowest BCUT2D eigenvalue weighted by Gasteiger charge is -2.29. The van der Waals surface area contributed by atoms with Gasteiger partial charge in [-0.05, 0) is 73.5 Å². The van der Waals surface area contributed by atoms with Gasteiger partial charge in [0.1, 0.15) is 5.83 Å². The minimum absolute atomic E-state index is 0.157. The van der Waals surface area contributed by atoms with Crippen molar-refractivity contribution in [2.45, 2.75) is 90.4 Å². The van der Waals surface area contributed by atoms with Crippen LogP contribution in [0.3, 0.4) is 0 Å². The summed E-state index contributed by atoms with van der Waals surface area (Å²) in [6.45, 7) is 4.14. The zero-order chi connectivity index (χ0) is 22.1. The van der Waals surface area contributed by atoms with Gasteiger partial charge in [0.2, 0.25) is 0 Å². The smallest absolute Gasteiger partial charge is 0.161 e. The number of hydrogen-bond donors (Lipinski definition) is 0. The van der Waals surface area contributed by atoms with Crippen LogP contribution in [0.15, 0.2) is 54.4 Å². The summed E-state index contributed by atoms with van der Waals surface area (Å²) in [6.07, 6.45) is 12.2. The van der Waals surface area contributed by atoms with Crippen LogP contribution >= 0.6 is 0 Å². The summed E-state index contributed by atoms with van der Waals surface area (Å²) in [5, 5.41) is 0. The van der Waals surface area contributed by atoms with Crippen LogP contribution in [0, 0.1) is 5.92 Å². The average molecular weight is 425 g/mol. The van der Waals surface area contributed by atoms with Crippen LogP contribution in [0.25, 0.3) is 5.83 Å². The van der Waals surface area contributed by atoms with E-state index in [9.17, 15) is 8.78 Å². The van der Waals surface area contributed by atoms with E-state index in [-0.39, 0.29) is 6.42 Å². The molecule has 0 bridgehead atoms. The molecule has 3 rings (SSSR count). The fraction of sp³-hybridized carbons (Fsp3) is 0.517. The van der Waals surface area contributed by atoms with E-state index in [4.69, 9.17) is 0 Å². The molecule has 0 spiro atoms. The first-order chi connectivity index (χ1) is 15.1. The van der Waals surface area contributed by atoms with E-state index in [0.717, 1.165) is 30.2 Å². The maximum atomic E-state index is 14.1. The molecule has 0 saturated heterocycles. The molecule has 0 atom stereocenters. The van der Waals surface area contributed by atoms with Crippen LogP contribution < -0.4 is 0 Å². The Hall–Kier alpha value is -1.96. The summed E-state index contributed by atoms with van der Waals surface area (Å²) >= 11 is 0. The summed E-state index contributed by atoms with van der Waals surface area (Å²) in [6, 6.07) is 16.4. The minimum Gasteiger partial charge on any atom is -0.209 e. The minimum atomic E-state index is -0.719. The number of unbranched alkanes of at least 4 members (excludes halogenated alkanes) is 1. The van der Waals surface area contributed by atoms with Gasteiger partial charge in [0, 0.05) is 12.0 Å². The van der Waals surface area contributed by atoms with E-state index in [1.54, 1.807) is 12.1 Å². The van der Waals surface area contributed by atoms with Crippen molar-refractivity contribution >= 4 is 5.83 Å². The Morgan fingerprint density at radius 1 is 0.774 bits per heavy atom. The molecule has 0 unspecified atom stereocenters. The van der Waals surface area contributed by atoms with Gasteiger partial charge in [0.25, 0.3) is 0 Å². The molecule has 0 amide bonds. The van der Waals surface area contributed by atoms with E-state index < -0.39 is 11.7 Å². The first kappa shape index (κ1) is 23.7. The van der Waals surface area contributed by atoms with Crippen LogP contribution in [0.2, 0.25) is 0 Å². The monoisotopic (exact) mass is 424 g/mol. The second-order valence-electron chi connectivity index (χ2n) is 9.27. The Balaban J connectivity index is 1.49. The zero-order valence-corrected chi connectivity index (χ0v) is 19.3. The number of allylic oxidation sites excluding steroid dienone is 1. The fourth-order valence-electron chi connectivity index (χ4n) is 4.83. The fourth-order valence-corrected chi connectivity index (χ4v) is 4.83. The van der Waals surface area contributed by atoms with Crippen LogP contribution in [0.1, 0.15) is 99.8 Å². The molecule has 0 radical (unpaired) electrons. The van der Waals surface area contributed by atoms with E-state index in [0.29, 0.717) is 12.0 Å². The third kappa shape index (κ3) is 7.02. The first-order valence-corrected chi connectivity index (χ1v) is 12.3. The van der Waals surface area contributed by atoms with Crippen molar-refractivity contribution < 1.29 is 8.78 Å². The van der Waals surface area contributed by atoms with Crippen molar-refractivity contribution in [3.63, 3.8) is 0 Å². The molecule has 0 N–H and O–H groups in total. The molecule has 0 aromatic heterocycles. The van der Waals surface area contributed by atoms with Crippen LogP contribution in [0.5, 0.6) is 0 Å². The molecule has 31 heavy (non-hydrogen) atoms. The van der Waals surface area contributed by atoms with Crippen molar-refractivity contribution in [2.24, 2.45) is 5.92 Å². The second-order valence-corrected chi connectivity index (χ2v) is 9.27. The van der Waals surface area contributed by atoms with Gasteiger partial charge in [0.05, 0.1) is 0 Å². The van der Waals surface area contributed by atoms with E-state index in [1.165, 1.54) is 56.1 Å². The predicted octanol–water partition coefficient (Wildman–Crippen LogP) is 9.34. The Morgan fingerprint density at radius 3 is 1.90 bits per heavy atom. The third-order valence-electron chi connectivity index (χ3n) is 6.88. The van der Waals surface area contributed by atoms with Crippen molar-refractivity contribution in [3.8, 4) is 0 Å². The maximum absolute atomic E-state index is 14.1. The zero-order valence-electron chi connectivity index (χ0n) is 19.3. The maximum Gasteiger partial charge on any atom is 0.161 e. The van der Waals surface area contributed by atoms with E-state index in [2.05, 4.69) is 31.2 Å². The predicted molar refractivity (Wildman–Crippen MR) is 129 cm³/mol. The Labute approximate surface area is 187 Å². The van der Waals surface area contributed by atoms with Crippen molar-refractivity contribution in [1.29, 1.82) is 0 Å². The summed E-state index contributed by atoms with van der Waals surface area (Å²) in [5.41, 5.74) is 4.33. The Bertz CT molecular complexity index is 809. The van der Waals surface area contributed by atoms with E-state index in [1.807, 2.05) is 19.1 Å². The largest absolute Gasteiger partial charge is 0.209 e. The summed E-state index contributed by atoms with van der Waals surface area (Å²) in [5.74, 6) is 0.317. The highest BCUT2D eigenvalue weighted by atomic mass is 19.2. The Morgan fingerprint density at radius 2 is 1.35 bits per heavy atom. The van der Waals surface area contributed by atoms with Gasteiger partial charge in [-0.15, -0.1) is 0 Å². The molecule has 0 aliphatic heterocycles. The SMILES string of the molecule is CCCCC1CCC(c2ccc(CCc3ccc(/C(F)=C(\F)CCC)cc3)cc2)CC1. The number of aryl methyl sites for hydroxylation is 2. The molecule has 2 heteroatoms. The van der Waals surface area contributed by atoms with Gasteiger partial charge >= 0.3 is 0 Å². The van der Waals surface area contributed by atoms with E-state index >= 15 is 0 Å². The standard InChI is InChI=1S/C29H38F2/c1-3-5-7-22-10-16-25(17-11-22)26-18-12-23(13-19-26)8-9-24-14-20-27(21-15-24)29(31)28(30)6-4-2/h12-15,18-22,25H,3-11,16-17H2,1-2H3/b29-28+. The number of hydrogen-bond acceptors (Lipinski definition) is 0. The highest BCUT2D eigenvalue weighted by Gasteiger charge is 2.21. The van der Waals surface area contributed by atoms with Crippen LogP contribution in [-0.4, -0.2) is 0 Å². The molecule has 2 aromatic carbocycles. The van der Waals surface area contributed by atoms with Gasteiger partial charge < -0.3 is 0 Å². The van der Waals surface area contributed by atoms with Gasteiger partial charge in [-0.2, -0.15) is 0 Å². The van der Waals surface area contributed by atoms with Crippen LogP contribution in [-0.2, 0) is 12.8 Å². The highest BCUT2D eigenvalue weighted by molar-refractivity contribution is 5.61. The molecule has 1 aliphatic rings. The quantitative estimate of drug-likeness (QED) is 0.356. The molecular weight excluding hydrogens is 386 g/mol. The summed E-state index contributed by atoms with van der Waals surface area (Å²) in [7, 11) is 0. The molecule has 1 saturated carbocycles.